The molecule has 0 unspecified atom stereocenters. The van der Waals surface area contributed by atoms with Crippen LogP contribution in [0.1, 0.15) is 13.3 Å². The van der Waals surface area contributed by atoms with E-state index in [4.69, 9.17) is 4.74 Å². The van der Waals surface area contributed by atoms with Gasteiger partial charge in [0.05, 0.1) is 40.6 Å². The molecule has 1 aliphatic rings. The van der Waals surface area contributed by atoms with E-state index in [1.165, 1.54) is 0 Å². The maximum absolute atomic E-state index is 11.8. The molecule has 0 fully saturated rings. The number of amides is 1. The molecule has 0 saturated heterocycles. The van der Waals surface area contributed by atoms with Crippen molar-refractivity contribution in [2.24, 2.45) is 0 Å². The Hall–Kier alpha value is -0.533. The minimum atomic E-state index is -1.05. The minimum absolute atomic E-state index is 0.179. The van der Waals surface area contributed by atoms with Crippen LogP contribution in [0.5, 0.6) is 0 Å². The third-order valence-electron chi connectivity index (χ3n) is 3.49. The normalized spacial score (nSPS) is 15.6. The van der Waals surface area contributed by atoms with E-state index in [0.29, 0.717) is 26.2 Å². The van der Waals surface area contributed by atoms with Gasteiger partial charge >= 0.3 is 0 Å². The first-order valence-electron chi connectivity index (χ1n) is 7.47. The molecule has 0 aromatic carbocycles. The van der Waals surface area contributed by atoms with Crippen LogP contribution in [0.15, 0.2) is 11.4 Å². The third-order valence-corrected chi connectivity index (χ3v) is 5.83. The summed E-state index contributed by atoms with van der Waals surface area (Å²) in [4.78, 5) is 13.7. The molecule has 0 aromatic rings. The molecular weight excluding hydrogens is 350 g/mol. The molecule has 0 aromatic heterocycles. The summed E-state index contributed by atoms with van der Waals surface area (Å²) in [7, 11) is 0.843. The molecule has 1 heterocycles. The Bertz CT molecular complexity index is 396. The summed E-state index contributed by atoms with van der Waals surface area (Å²) in [6.45, 7) is 11.5. The Morgan fingerprint density at radius 2 is 2.10 bits per heavy atom. The fourth-order valence-corrected chi connectivity index (χ4v) is 3.29. The lowest BCUT2D eigenvalue weighted by Gasteiger charge is -2.21. The zero-order valence-corrected chi connectivity index (χ0v) is 16.4. The molecule has 0 bridgehead atoms. The van der Waals surface area contributed by atoms with Gasteiger partial charge in [0.15, 0.2) is 0 Å². The first-order valence-corrected chi connectivity index (χ1v) is 11.9. The van der Waals surface area contributed by atoms with Crippen molar-refractivity contribution in [1.29, 1.82) is 0 Å². The van der Waals surface area contributed by atoms with Gasteiger partial charge in [-0.3, -0.25) is 8.72 Å². The number of nitrogens with zero attached hydrogens (tertiary/aromatic N) is 2. The summed E-state index contributed by atoms with van der Waals surface area (Å²) in [6.07, 6.45) is 0.541. The third kappa shape index (κ3) is 6.00. The van der Waals surface area contributed by atoms with Gasteiger partial charge in [-0.05, 0) is 6.04 Å². The van der Waals surface area contributed by atoms with Crippen LogP contribution in [-0.4, -0.2) is 56.3 Å². The quantitative estimate of drug-likeness (QED) is 0.305. The van der Waals surface area contributed by atoms with Crippen LogP contribution in [0.4, 0.5) is 0 Å². The summed E-state index contributed by atoms with van der Waals surface area (Å²) < 4.78 is 7.67. The molecule has 0 aliphatic carbocycles. The van der Waals surface area contributed by atoms with Crippen LogP contribution in [0.3, 0.4) is 0 Å². The summed E-state index contributed by atoms with van der Waals surface area (Å²) in [5.74, 6) is 0.179. The fraction of sp³-hybridized carbons (Fsp3) is 0.786. The lowest BCUT2D eigenvalue weighted by molar-refractivity contribution is -0.129. The van der Waals surface area contributed by atoms with Gasteiger partial charge in [0.2, 0.25) is 5.91 Å². The van der Waals surface area contributed by atoms with Gasteiger partial charge in [-0.15, -0.1) is 0 Å². The van der Waals surface area contributed by atoms with Crippen molar-refractivity contribution in [3.8, 4) is 0 Å². The van der Waals surface area contributed by atoms with Gasteiger partial charge in [-0.25, -0.2) is 0 Å². The van der Waals surface area contributed by atoms with Crippen LogP contribution in [0, 0.1) is 0 Å². The van der Waals surface area contributed by atoms with E-state index in [1.807, 2.05) is 22.8 Å². The highest BCUT2D eigenvalue weighted by molar-refractivity contribution is 9.07. The zero-order valence-electron chi connectivity index (χ0n) is 13.8. The lowest BCUT2D eigenvalue weighted by atomic mass is 10.4. The SMILES string of the molecule is CCC(=O)N1CC(NC)=C(N(Br)COCC[Si](C)(C)C)C1. The molecule has 1 N–H and O–H groups in total. The topological polar surface area (TPSA) is 44.8 Å². The summed E-state index contributed by atoms with van der Waals surface area (Å²) in [5.41, 5.74) is 2.15. The van der Waals surface area contributed by atoms with E-state index < -0.39 is 8.07 Å². The highest BCUT2D eigenvalue weighted by Gasteiger charge is 2.27. The second-order valence-corrected chi connectivity index (χ2v) is 13.0. The van der Waals surface area contributed by atoms with Crippen molar-refractivity contribution in [2.75, 3.05) is 33.5 Å². The number of ether oxygens (including phenoxy) is 1. The Morgan fingerprint density at radius 1 is 1.43 bits per heavy atom. The standard InChI is InChI=1S/C14H28BrN3O2Si/c1-6-14(19)17-9-12(16-2)13(10-17)18(15)11-20-7-8-21(3,4)5/h16H,6-11H2,1-5H3. The largest absolute Gasteiger partial charge is 0.388 e. The molecule has 1 aliphatic heterocycles. The van der Waals surface area contributed by atoms with E-state index in [9.17, 15) is 4.79 Å². The first kappa shape index (κ1) is 18.5. The Balaban J connectivity index is 2.48. The lowest BCUT2D eigenvalue weighted by Crippen LogP contribution is -2.30. The molecule has 0 atom stereocenters. The number of carbonyl (C=O) groups excluding carboxylic acids is 1. The molecule has 1 amide bonds. The van der Waals surface area contributed by atoms with Crippen molar-refractivity contribution in [1.82, 2.24) is 14.1 Å². The molecule has 0 spiro atoms. The number of hydrogen-bond acceptors (Lipinski definition) is 4. The van der Waals surface area contributed by atoms with Crippen molar-refractivity contribution in [3.63, 3.8) is 0 Å². The minimum Gasteiger partial charge on any atom is -0.388 e. The van der Waals surface area contributed by atoms with Gasteiger partial charge < -0.3 is 15.0 Å². The summed E-state index contributed by atoms with van der Waals surface area (Å²) in [6, 6.07) is 1.16. The molecule has 5 nitrogen and oxygen atoms in total. The number of hydrogen-bond donors (Lipinski definition) is 1. The number of carbonyl (C=O) groups is 1. The van der Waals surface area contributed by atoms with E-state index in [2.05, 4.69) is 41.1 Å². The fourth-order valence-electron chi connectivity index (χ4n) is 2.06. The van der Waals surface area contributed by atoms with E-state index >= 15 is 0 Å². The van der Waals surface area contributed by atoms with Crippen molar-refractivity contribution < 1.29 is 9.53 Å². The monoisotopic (exact) mass is 377 g/mol. The molecule has 7 heteroatoms. The molecule has 122 valence electrons. The van der Waals surface area contributed by atoms with Crippen LogP contribution < -0.4 is 5.32 Å². The van der Waals surface area contributed by atoms with Crippen molar-refractivity contribution in [3.05, 3.63) is 11.4 Å². The predicted octanol–water partition coefficient (Wildman–Crippen LogP) is 2.59. The average molecular weight is 378 g/mol. The number of rotatable bonds is 8. The second-order valence-electron chi connectivity index (χ2n) is 6.49. The highest BCUT2D eigenvalue weighted by atomic mass is 79.9. The Labute approximate surface area is 138 Å². The van der Waals surface area contributed by atoms with Gasteiger partial charge in [-0.1, -0.05) is 26.6 Å². The molecule has 21 heavy (non-hydrogen) atoms. The van der Waals surface area contributed by atoms with E-state index in [1.54, 1.807) is 0 Å². The summed E-state index contributed by atoms with van der Waals surface area (Å²) >= 11 is 3.55. The van der Waals surface area contributed by atoms with Crippen LogP contribution in [0.25, 0.3) is 0 Å². The van der Waals surface area contributed by atoms with Gasteiger partial charge in [0, 0.05) is 28.1 Å². The van der Waals surface area contributed by atoms with Crippen LogP contribution >= 0.6 is 16.1 Å². The Morgan fingerprint density at radius 3 is 2.62 bits per heavy atom. The maximum atomic E-state index is 11.8. The number of likely N-dealkylation sites (N-methyl/N-ethyl adjacent to an activating group) is 1. The zero-order chi connectivity index (χ0) is 16.0. The smallest absolute Gasteiger partial charge is 0.222 e. The second kappa shape index (κ2) is 8.19. The number of nitrogens with one attached hydrogen (secondary N) is 1. The van der Waals surface area contributed by atoms with Crippen molar-refractivity contribution in [2.45, 2.75) is 39.0 Å². The van der Waals surface area contributed by atoms with E-state index in [-0.39, 0.29) is 5.91 Å². The average Bonchev–Trinajstić information content (AvgIpc) is 2.85. The van der Waals surface area contributed by atoms with Crippen LogP contribution in [-0.2, 0) is 9.53 Å². The van der Waals surface area contributed by atoms with Crippen LogP contribution in [0.2, 0.25) is 25.7 Å². The molecule has 1 rings (SSSR count). The van der Waals surface area contributed by atoms with Gasteiger partial charge in [0.25, 0.3) is 0 Å². The maximum Gasteiger partial charge on any atom is 0.222 e. The predicted molar refractivity (Wildman–Crippen MR) is 92.7 cm³/mol. The molecular formula is C14H28BrN3O2Si. The highest BCUT2D eigenvalue weighted by Crippen LogP contribution is 2.22. The first-order chi connectivity index (χ1) is 9.78. The van der Waals surface area contributed by atoms with Gasteiger partial charge in [0.1, 0.15) is 6.73 Å². The van der Waals surface area contributed by atoms with E-state index in [0.717, 1.165) is 24.0 Å². The number of halogens is 1. The molecule has 0 saturated carbocycles. The van der Waals surface area contributed by atoms with Crippen molar-refractivity contribution >= 4 is 30.1 Å². The summed E-state index contributed by atoms with van der Waals surface area (Å²) in [5, 5.41) is 3.18. The Kier molecular flexibility index (Phi) is 7.22. The molecule has 0 radical (unpaired) electrons. The van der Waals surface area contributed by atoms with Gasteiger partial charge in [-0.2, -0.15) is 0 Å².